The Kier molecular flexibility index (Phi) is 4.48. The van der Waals surface area contributed by atoms with Crippen molar-refractivity contribution < 1.29 is 17.9 Å². The quantitative estimate of drug-likeness (QED) is 0.788. The van der Waals surface area contributed by atoms with Gasteiger partial charge in [-0.25, -0.2) is 4.98 Å². The Morgan fingerprint density at radius 3 is 2.75 bits per heavy atom. The molecule has 0 aliphatic rings. The van der Waals surface area contributed by atoms with Crippen LogP contribution in [0.2, 0.25) is 0 Å². The van der Waals surface area contributed by atoms with Crippen LogP contribution in [0, 0.1) is 0 Å². The predicted molar refractivity (Wildman–Crippen MR) is 50.7 cm³/mol. The summed E-state index contributed by atoms with van der Waals surface area (Å²) in [5.41, 5.74) is 5.92. The second kappa shape index (κ2) is 5.64. The molecule has 0 unspecified atom stereocenters. The molecule has 1 aromatic rings. The topological polar surface area (TPSA) is 61.0 Å². The molecule has 0 radical (unpaired) electrons. The molecule has 0 saturated carbocycles. The van der Waals surface area contributed by atoms with Crippen molar-refractivity contribution in [3.05, 3.63) is 18.0 Å². The van der Waals surface area contributed by atoms with Crippen molar-refractivity contribution >= 4 is 0 Å². The molecule has 4 nitrogen and oxygen atoms in total. The van der Waals surface area contributed by atoms with Gasteiger partial charge in [-0.05, 0) is 12.5 Å². The monoisotopic (exact) mass is 235 g/mol. The number of halogens is 3. The summed E-state index contributed by atoms with van der Waals surface area (Å²) < 4.78 is 40.4. The normalized spacial score (nSPS) is 11.5. The molecule has 0 bridgehead atoms. The molecule has 0 saturated heterocycles. The van der Waals surface area contributed by atoms with Crippen LogP contribution < -0.4 is 10.5 Å². The largest absolute Gasteiger partial charge is 0.463 e. The SMILES string of the molecule is NCc1ccnc(OCCCC(F)(F)F)n1. The molecule has 1 aromatic heterocycles. The Morgan fingerprint density at radius 1 is 1.38 bits per heavy atom. The second-order valence-electron chi connectivity index (χ2n) is 3.10. The molecule has 0 aliphatic heterocycles. The van der Waals surface area contributed by atoms with Crippen molar-refractivity contribution in [2.24, 2.45) is 5.73 Å². The average molecular weight is 235 g/mol. The van der Waals surface area contributed by atoms with E-state index in [4.69, 9.17) is 10.5 Å². The van der Waals surface area contributed by atoms with Crippen LogP contribution in [0.3, 0.4) is 0 Å². The van der Waals surface area contributed by atoms with E-state index in [9.17, 15) is 13.2 Å². The van der Waals surface area contributed by atoms with E-state index in [1.54, 1.807) is 6.07 Å². The molecule has 0 amide bonds. The van der Waals surface area contributed by atoms with Crippen molar-refractivity contribution in [2.45, 2.75) is 25.6 Å². The lowest BCUT2D eigenvalue weighted by atomic mass is 10.3. The molecule has 0 aliphatic carbocycles. The molecule has 1 heterocycles. The highest BCUT2D eigenvalue weighted by molar-refractivity contribution is 5.04. The molecule has 1 rings (SSSR count). The number of rotatable bonds is 5. The molecular formula is C9H12F3N3O. The van der Waals surface area contributed by atoms with Gasteiger partial charge in [0.05, 0.1) is 12.3 Å². The Balaban J connectivity index is 2.32. The van der Waals surface area contributed by atoms with Crippen LogP contribution in [-0.2, 0) is 6.54 Å². The maximum atomic E-state index is 11.8. The van der Waals surface area contributed by atoms with Gasteiger partial charge in [-0.2, -0.15) is 18.2 Å². The smallest absolute Gasteiger partial charge is 0.389 e. The summed E-state index contributed by atoms with van der Waals surface area (Å²) in [7, 11) is 0. The number of nitrogens with two attached hydrogens (primary N) is 1. The van der Waals surface area contributed by atoms with Gasteiger partial charge < -0.3 is 10.5 Å². The van der Waals surface area contributed by atoms with E-state index < -0.39 is 12.6 Å². The summed E-state index contributed by atoms with van der Waals surface area (Å²) in [5, 5.41) is 0. The van der Waals surface area contributed by atoms with Gasteiger partial charge >= 0.3 is 12.2 Å². The van der Waals surface area contributed by atoms with Gasteiger partial charge in [-0.15, -0.1) is 0 Å². The first-order valence-electron chi connectivity index (χ1n) is 4.73. The Bertz CT molecular complexity index is 330. The number of ether oxygens (including phenoxy) is 1. The number of hydrogen-bond donors (Lipinski definition) is 1. The standard InChI is InChI=1S/C9H12F3N3O/c10-9(11,12)3-1-5-16-8-14-4-2-7(6-13)15-8/h2,4H,1,3,5-6,13H2. The second-order valence-corrected chi connectivity index (χ2v) is 3.10. The Hall–Kier alpha value is -1.37. The number of hydrogen-bond acceptors (Lipinski definition) is 4. The minimum Gasteiger partial charge on any atom is -0.463 e. The fourth-order valence-corrected chi connectivity index (χ4v) is 0.995. The van der Waals surface area contributed by atoms with Gasteiger partial charge in [0.25, 0.3) is 0 Å². The summed E-state index contributed by atoms with van der Waals surface area (Å²) in [6.07, 6.45) is -3.68. The van der Waals surface area contributed by atoms with E-state index in [0.29, 0.717) is 5.69 Å². The van der Waals surface area contributed by atoms with Gasteiger partial charge in [0.1, 0.15) is 0 Å². The molecular weight excluding hydrogens is 223 g/mol. The zero-order valence-corrected chi connectivity index (χ0v) is 8.50. The number of alkyl halides is 3. The predicted octanol–water partition coefficient (Wildman–Crippen LogP) is 1.66. The first-order chi connectivity index (χ1) is 7.51. The minimum atomic E-state index is -4.15. The van der Waals surface area contributed by atoms with E-state index in [-0.39, 0.29) is 25.6 Å². The molecule has 0 aromatic carbocycles. The Labute approximate surface area is 90.6 Å². The van der Waals surface area contributed by atoms with E-state index >= 15 is 0 Å². The van der Waals surface area contributed by atoms with Crippen LogP contribution in [0.5, 0.6) is 6.01 Å². The fraction of sp³-hybridized carbons (Fsp3) is 0.556. The highest BCUT2D eigenvalue weighted by Gasteiger charge is 2.26. The summed E-state index contributed by atoms with van der Waals surface area (Å²) in [6.45, 7) is 0.176. The maximum absolute atomic E-state index is 11.8. The molecule has 0 fully saturated rings. The number of nitrogens with zero attached hydrogens (tertiary/aromatic N) is 2. The summed E-state index contributed by atoms with van der Waals surface area (Å²) >= 11 is 0. The van der Waals surface area contributed by atoms with Gasteiger partial charge in [0.15, 0.2) is 0 Å². The zero-order chi connectivity index (χ0) is 12.0. The van der Waals surface area contributed by atoms with Gasteiger partial charge in [-0.1, -0.05) is 0 Å². The van der Waals surface area contributed by atoms with E-state index in [0.717, 1.165) is 0 Å². The zero-order valence-electron chi connectivity index (χ0n) is 8.50. The van der Waals surface area contributed by atoms with Gasteiger partial charge in [0.2, 0.25) is 0 Å². The van der Waals surface area contributed by atoms with Crippen molar-refractivity contribution in [3.63, 3.8) is 0 Å². The van der Waals surface area contributed by atoms with Crippen molar-refractivity contribution in [2.75, 3.05) is 6.61 Å². The third-order valence-corrected chi connectivity index (χ3v) is 1.74. The summed E-state index contributed by atoms with van der Waals surface area (Å²) in [6, 6.07) is 1.67. The van der Waals surface area contributed by atoms with E-state index in [1.165, 1.54) is 6.20 Å². The van der Waals surface area contributed by atoms with E-state index in [1.807, 2.05) is 0 Å². The first-order valence-corrected chi connectivity index (χ1v) is 4.73. The first kappa shape index (κ1) is 12.7. The average Bonchev–Trinajstić information content (AvgIpc) is 2.23. The van der Waals surface area contributed by atoms with Crippen LogP contribution in [-0.4, -0.2) is 22.8 Å². The van der Waals surface area contributed by atoms with Crippen LogP contribution in [0.4, 0.5) is 13.2 Å². The highest BCUT2D eigenvalue weighted by atomic mass is 19.4. The Morgan fingerprint density at radius 2 is 2.12 bits per heavy atom. The number of aromatic nitrogens is 2. The molecule has 2 N–H and O–H groups in total. The van der Waals surface area contributed by atoms with Crippen LogP contribution in [0.1, 0.15) is 18.5 Å². The van der Waals surface area contributed by atoms with E-state index in [2.05, 4.69) is 9.97 Å². The summed E-state index contributed by atoms with van der Waals surface area (Å²) in [5.74, 6) is 0. The lowest BCUT2D eigenvalue weighted by Gasteiger charge is -2.07. The van der Waals surface area contributed by atoms with Crippen LogP contribution >= 0.6 is 0 Å². The van der Waals surface area contributed by atoms with Gasteiger partial charge in [-0.3, -0.25) is 0 Å². The van der Waals surface area contributed by atoms with Gasteiger partial charge in [0, 0.05) is 19.2 Å². The lowest BCUT2D eigenvalue weighted by molar-refractivity contribution is -0.136. The van der Waals surface area contributed by atoms with Crippen LogP contribution in [0.25, 0.3) is 0 Å². The van der Waals surface area contributed by atoms with Crippen LogP contribution in [0.15, 0.2) is 12.3 Å². The minimum absolute atomic E-state index is 0.0603. The van der Waals surface area contributed by atoms with Crippen molar-refractivity contribution in [1.29, 1.82) is 0 Å². The third-order valence-electron chi connectivity index (χ3n) is 1.74. The summed E-state index contributed by atoms with van der Waals surface area (Å²) in [4.78, 5) is 7.64. The molecule has 7 heteroatoms. The molecule has 0 spiro atoms. The maximum Gasteiger partial charge on any atom is 0.389 e. The third kappa shape index (κ3) is 4.92. The molecule has 0 atom stereocenters. The molecule has 90 valence electrons. The molecule has 16 heavy (non-hydrogen) atoms. The van der Waals surface area contributed by atoms with Crippen molar-refractivity contribution in [1.82, 2.24) is 9.97 Å². The van der Waals surface area contributed by atoms with Crippen molar-refractivity contribution in [3.8, 4) is 6.01 Å². The lowest BCUT2D eigenvalue weighted by Crippen LogP contribution is -2.11. The highest BCUT2D eigenvalue weighted by Crippen LogP contribution is 2.21. The fourth-order valence-electron chi connectivity index (χ4n) is 0.995.